The molecule has 0 bridgehead atoms. The molecule has 0 aromatic heterocycles. The van der Waals surface area contributed by atoms with E-state index in [1.807, 2.05) is 6.07 Å². The summed E-state index contributed by atoms with van der Waals surface area (Å²) in [6.45, 7) is 1.19. The molecule has 1 saturated carbocycles. The number of nitrogen functional groups attached to an aromatic ring is 1. The molecular weight excluding hydrogens is 172 g/mol. The number of anilines is 2. The summed E-state index contributed by atoms with van der Waals surface area (Å²) >= 11 is 0. The Morgan fingerprint density at radius 2 is 2.14 bits per heavy atom. The fourth-order valence-corrected chi connectivity index (χ4v) is 2.97. The van der Waals surface area contributed by atoms with Crippen LogP contribution in [0.15, 0.2) is 18.2 Å². The van der Waals surface area contributed by atoms with Crippen molar-refractivity contribution in [2.75, 3.05) is 24.2 Å². The maximum atomic E-state index is 5.86. The molecular formula is C12H16N2. The monoisotopic (exact) mass is 188 g/mol. The Kier molecular flexibility index (Phi) is 1.42. The standard InChI is InChI=1S/C12H16N2/c1-14-8-12(5-2-6-12)10-7-9(13)3-4-11(10)14/h3-4,7H,2,5-6,8,13H2,1H3. The molecule has 0 saturated heterocycles. The molecule has 0 unspecified atom stereocenters. The van der Waals surface area contributed by atoms with E-state index in [9.17, 15) is 0 Å². The summed E-state index contributed by atoms with van der Waals surface area (Å²) in [4.78, 5) is 2.37. The molecule has 1 spiro atoms. The molecule has 2 N–H and O–H groups in total. The van der Waals surface area contributed by atoms with Crippen molar-refractivity contribution < 1.29 is 0 Å². The molecule has 2 aliphatic rings. The van der Waals surface area contributed by atoms with Gasteiger partial charge in [-0.25, -0.2) is 0 Å². The Bertz CT molecular complexity index is 380. The molecule has 0 atom stereocenters. The molecule has 1 aliphatic heterocycles. The van der Waals surface area contributed by atoms with Crippen LogP contribution in [-0.2, 0) is 5.41 Å². The van der Waals surface area contributed by atoms with Crippen LogP contribution in [0.4, 0.5) is 11.4 Å². The van der Waals surface area contributed by atoms with Gasteiger partial charge in [0.25, 0.3) is 0 Å². The van der Waals surface area contributed by atoms with E-state index < -0.39 is 0 Å². The van der Waals surface area contributed by atoms with Crippen molar-refractivity contribution in [1.82, 2.24) is 0 Å². The van der Waals surface area contributed by atoms with Gasteiger partial charge in [-0.05, 0) is 36.6 Å². The first kappa shape index (κ1) is 8.16. The Morgan fingerprint density at radius 3 is 2.79 bits per heavy atom. The third kappa shape index (κ3) is 0.861. The van der Waals surface area contributed by atoms with E-state index in [-0.39, 0.29) is 0 Å². The Morgan fingerprint density at radius 1 is 1.36 bits per heavy atom. The molecule has 2 nitrogen and oxygen atoms in total. The zero-order valence-electron chi connectivity index (χ0n) is 8.59. The van der Waals surface area contributed by atoms with E-state index in [1.54, 1.807) is 0 Å². The topological polar surface area (TPSA) is 29.3 Å². The molecule has 2 heteroatoms. The van der Waals surface area contributed by atoms with E-state index in [2.05, 4.69) is 24.1 Å². The van der Waals surface area contributed by atoms with Crippen molar-refractivity contribution in [3.8, 4) is 0 Å². The van der Waals surface area contributed by atoms with E-state index in [0.717, 1.165) is 5.69 Å². The van der Waals surface area contributed by atoms with Gasteiger partial charge in [-0.15, -0.1) is 0 Å². The summed E-state index contributed by atoms with van der Waals surface area (Å²) in [7, 11) is 2.18. The first-order chi connectivity index (χ1) is 6.71. The van der Waals surface area contributed by atoms with Gasteiger partial charge in [0.05, 0.1) is 0 Å². The van der Waals surface area contributed by atoms with Gasteiger partial charge in [0, 0.05) is 30.4 Å². The van der Waals surface area contributed by atoms with Crippen LogP contribution >= 0.6 is 0 Å². The van der Waals surface area contributed by atoms with E-state index in [1.165, 1.54) is 37.1 Å². The van der Waals surface area contributed by atoms with Crippen LogP contribution in [0.3, 0.4) is 0 Å². The van der Waals surface area contributed by atoms with Gasteiger partial charge in [-0.1, -0.05) is 6.42 Å². The van der Waals surface area contributed by atoms with Crippen molar-refractivity contribution in [3.05, 3.63) is 23.8 Å². The number of nitrogens with two attached hydrogens (primary N) is 1. The molecule has 1 aromatic rings. The van der Waals surface area contributed by atoms with Gasteiger partial charge >= 0.3 is 0 Å². The third-order valence-corrected chi connectivity index (χ3v) is 3.85. The summed E-state index contributed by atoms with van der Waals surface area (Å²) in [5.41, 5.74) is 10.1. The lowest BCUT2D eigenvalue weighted by Gasteiger charge is -2.39. The second-order valence-electron chi connectivity index (χ2n) is 4.77. The van der Waals surface area contributed by atoms with Gasteiger partial charge in [0.15, 0.2) is 0 Å². The van der Waals surface area contributed by atoms with Gasteiger partial charge in [0.1, 0.15) is 0 Å². The molecule has 1 heterocycles. The zero-order valence-corrected chi connectivity index (χ0v) is 8.59. The summed E-state index contributed by atoms with van der Waals surface area (Å²) in [6.07, 6.45) is 4.06. The first-order valence-electron chi connectivity index (χ1n) is 5.32. The lowest BCUT2D eigenvalue weighted by Crippen LogP contribution is -2.38. The van der Waals surface area contributed by atoms with Gasteiger partial charge < -0.3 is 10.6 Å². The fourth-order valence-electron chi connectivity index (χ4n) is 2.97. The highest BCUT2D eigenvalue weighted by atomic mass is 15.1. The first-order valence-corrected chi connectivity index (χ1v) is 5.32. The minimum absolute atomic E-state index is 0.458. The van der Waals surface area contributed by atoms with Crippen LogP contribution in [0.1, 0.15) is 24.8 Å². The van der Waals surface area contributed by atoms with Crippen LogP contribution in [0.2, 0.25) is 0 Å². The van der Waals surface area contributed by atoms with Crippen molar-refractivity contribution in [2.45, 2.75) is 24.7 Å². The van der Waals surface area contributed by atoms with Crippen LogP contribution in [0.25, 0.3) is 0 Å². The van der Waals surface area contributed by atoms with Gasteiger partial charge in [-0.2, -0.15) is 0 Å². The largest absolute Gasteiger partial charge is 0.399 e. The van der Waals surface area contributed by atoms with Crippen LogP contribution < -0.4 is 10.6 Å². The van der Waals surface area contributed by atoms with Gasteiger partial charge in [-0.3, -0.25) is 0 Å². The number of rotatable bonds is 0. The number of nitrogens with zero attached hydrogens (tertiary/aromatic N) is 1. The van der Waals surface area contributed by atoms with E-state index in [4.69, 9.17) is 5.73 Å². The predicted octanol–water partition coefficient (Wildman–Crippen LogP) is 2.14. The maximum Gasteiger partial charge on any atom is 0.0404 e. The zero-order chi connectivity index (χ0) is 9.76. The maximum absolute atomic E-state index is 5.86. The molecule has 0 radical (unpaired) electrons. The summed E-state index contributed by atoms with van der Waals surface area (Å²) in [6, 6.07) is 6.35. The number of likely N-dealkylation sites (N-methyl/N-ethyl adjacent to an activating group) is 1. The average molecular weight is 188 g/mol. The fraction of sp³-hybridized carbons (Fsp3) is 0.500. The highest BCUT2D eigenvalue weighted by Gasteiger charge is 2.45. The smallest absolute Gasteiger partial charge is 0.0404 e. The highest BCUT2D eigenvalue weighted by molar-refractivity contribution is 5.67. The van der Waals surface area contributed by atoms with Crippen LogP contribution in [0, 0.1) is 0 Å². The van der Waals surface area contributed by atoms with Crippen molar-refractivity contribution >= 4 is 11.4 Å². The van der Waals surface area contributed by atoms with Crippen molar-refractivity contribution in [1.29, 1.82) is 0 Å². The molecule has 14 heavy (non-hydrogen) atoms. The number of fused-ring (bicyclic) bond motifs is 2. The highest BCUT2D eigenvalue weighted by Crippen LogP contribution is 2.52. The van der Waals surface area contributed by atoms with Crippen molar-refractivity contribution in [2.24, 2.45) is 0 Å². The van der Waals surface area contributed by atoms with Crippen LogP contribution in [0.5, 0.6) is 0 Å². The second-order valence-corrected chi connectivity index (χ2v) is 4.77. The molecule has 1 fully saturated rings. The Hall–Kier alpha value is -1.18. The predicted molar refractivity (Wildman–Crippen MR) is 59.7 cm³/mol. The molecule has 74 valence electrons. The summed E-state index contributed by atoms with van der Waals surface area (Å²) in [5, 5.41) is 0. The summed E-state index contributed by atoms with van der Waals surface area (Å²) in [5.74, 6) is 0. The number of hydrogen-bond donors (Lipinski definition) is 1. The molecule has 1 aliphatic carbocycles. The SMILES string of the molecule is CN1CC2(CCC2)c2cc(N)ccc21. The Balaban J connectivity index is 2.16. The third-order valence-electron chi connectivity index (χ3n) is 3.85. The molecule has 1 aromatic carbocycles. The molecule has 3 rings (SSSR count). The average Bonchev–Trinajstić information content (AvgIpc) is 2.38. The molecule has 0 amide bonds. The number of hydrogen-bond acceptors (Lipinski definition) is 2. The number of benzene rings is 1. The lowest BCUT2D eigenvalue weighted by atomic mass is 9.66. The minimum atomic E-state index is 0.458. The second kappa shape index (κ2) is 2.44. The van der Waals surface area contributed by atoms with E-state index >= 15 is 0 Å². The van der Waals surface area contributed by atoms with Crippen molar-refractivity contribution in [3.63, 3.8) is 0 Å². The normalized spacial score (nSPS) is 22.2. The van der Waals surface area contributed by atoms with Gasteiger partial charge in [0.2, 0.25) is 0 Å². The Labute approximate surface area is 84.7 Å². The van der Waals surface area contributed by atoms with E-state index in [0.29, 0.717) is 5.41 Å². The lowest BCUT2D eigenvalue weighted by molar-refractivity contribution is 0.265. The summed E-state index contributed by atoms with van der Waals surface area (Å²) < 4.78 is 0. The van der Waals surface area contributed by atoms with Crippen LogP contribution in [-0.4, -0.2) is 13.6 Å². The quantitative estimate of drug-likeness (QED) is 0.632. The minimum Gasteiger partial charge on any atom is -0.399 e.